The molecule has 1 aromatic carbocycles. The van der Waals surface area contributed by atoms with E-state index in [4.69, 9.17) is 0 Å². The van der Waals surface area contributed by atoms with Crippen LogP contribution in [0.5, 0.6) is 0 Å². The van der Waals surface area contributed by atoms with Gasteiger partial charge in [0.15, 0.2) is 0 Å². The van der Waals surface area contributed by atoms with Crippen molar-refractivity contribution in [3.8, 4) is 0 Å². The third-order valence-electron chi connectivity index (χ3n) is 5.09. The number of benzene rings is 1. The molecule has 1 fully saturated rings. The van der Waals surface area contributed by atoms with Crippen molar-refractivity contribution in [1.82, 2.24) is 20.4 Å². The fourth-order valence-electron chi connectivity index (χ4n) is 3.55. The van der Waals surface area contributed by atoms with Gasteiger partial charge >= 0.3 is 6.03 Å². The average molecular weight is 361 g/mol. The predicted octanol–water partition coefficient (Wildman–Crippen LogP) is 2.58. The number of piperidine rings is 1. The molecule has 1 aliphatic heterocycles. The quantitative estimate of drug-likeness (QED) is 0.749. The van der Waals surface area contributed by atoms with E-state index in [1.165, 1.54) is 5.56 Å². The molecule has 0 saturated carbocycles. The summed E-state index contributed by atoms with van der Waals surface area (Å²) in [5.74, 6) is 0.704. The molecular formula is C21H36N4O. The van der Waals surface area contributed by atoms with E-state index in [1.807, 2.05) is 6.07 Å². The molecule has 146 valence electrons. The number of rotatable bonds is 8. The van der Waals surface area contributed by atoms with Crippen LogP contribution in [0.1, 0.15) is 32.3 Å². The van der Waals surface area contributed by atoms with Crippen LogP contribution in [0, 0.1) is 5.92 Å². The minimum Gasteiger partial charge on any atom is -0.337 e. The van der Waals surface area contributed by atoms with Crippen LogP contribution in [-0.2, 0) is 6.42 Å². The fourth-order valence-corrected chi connectivity index (χ4v) is 3.55. The molecule has 1 saturated heterocycles. The van der Waals surface area contributed by atoms with Crippen LogP contribution in [0.25, 0.3) is 0 Å². The maximum Gasteiger partial charge on any atom is 0.315 e. The van der Waals surface area contributed by atoms with Crippen LogP contribution < -0.4 is 10.6 Å². The summed E-state index contributed by atoms with van der Waals surface area (Å²) in [6.07, 6.45) is 3.02. The lowest BCUT2D eigenvalue weighted by molar-refractivity contribution is 0.177. The lowest BCUT2D eigenvalue weighted by Gasteiger charge is -2.33. The number of urea groups is 1. The molecule has 1 unspecified atom stereocenters. The molecule has 0 aliphatic carbocycles. The normalized spacial score (nSPS) is 17.5. The van der Waals surface area contributed by atoms with Crippen LogP contribution in [0.2, 0.25) is 0 Å². The predicted molar refractivity (Wildman–Crippen MR) is 108 cm³/mol. The SMILES string of the molecule is CC(C)CN1CCC(NC(=O)NCC(Cc2ccccc2)N(C)C)CC1. The maximum atomic E-state index is 12.3. The van der Waals surface area contributed by atoms with Crippen LogP contribution in [0.15, 0.2) is 30.3 Å². The molecule has 0 aromatic heterocycles. The number of likely N-dealkylation sites (tertiary alicyclic amines) is 1. The lowest BCUT2D eigenvalue weighted by atomic mass is 10.0. The number of hydrogen-bond acceptors (Lipinski definition) is 3. The van der Waals surface area contributed by atoms with Gasteiger partial charge in [-0.25, -0.2) is 4.79 Å². The minimum absolute atomic E-state index is 0.0350. The first-order chi connectivity index (χ1) is 12.4. The number of carbonyl (C=O) groups is 1. The number of likely N-dealkylation sites (N-methyl/N-ethyl adjacent to an activating group) is 1. The number of nitrogens with zero attached hydrogens (tertiary/aromatic N) is 2. The summed E-state index contributed by atoms with van der Waals surface area (Å²) in [5.41, 5.74) is 1.30. The fraction of sp³-hybridized carbons (Fsp3) is 0.667. The third-order valence-corrected chi connectivity index (χ3v) is 5.09. The van der Waals surface area contributed by atoms with Gasteiger partial charge in [-0.2, -0.15) is 0 Å². The summed E-state index contributed by atoms with van der Waals surface area (Å²) in [6, 6.07) is 11.0. The molecule has 0 bridgehead atoms. The Morgan fingerprint density at radius 2 is 1.85 bits per heavy atom. The molecule has 26 heavy (non-hydrogen) atoms. The van der Waals surface area contributed by atoms with Gasteiger partial charge in [0.1, 0.15) is 0 Å². The van der Waals surface area contributed by atoms with Crippen LogP contribution in [0.3, 0.4) is 0 Å². The van der Waals surface area contributed by atoms with Gasteiger partial charge in [-0.05, 0) is 44.8 Å². The van der Waals surface area contributed by atoms with Gasteiger partial charge in [0.25, 0.3) is 0 Å². The second kappa shape index (κ2) is 10.5. The van der Waals surface area contributed by atoms with Crippen molar-refractivity contribution in [2.45, 2.75) is 45.2 Å². The summed E-state index contributed by atoms with van der Waals surface area (Å²) in [7, 11) is 4.13. The number of hydrogen-bond donors (Lipinski definition) is 2. The van der Waals surface area contributed by atoms with Crippen molar-refractivity contribution in [2.75, 3.05) is 40.3 Å². The van der Waals surface area contributed by atoms with Gasteiger partial charge in [0.2, 0.25) is 0 Å². The smallest absolute Gasteiger partial charge is 0.315 e. The van der Waals surface area contributed by atoms with Gasteiger partial charge in [-0.1, -0.05) is 44.2 Å². The Bertz CT molecular complexity index is 524. The molecule has 2 amide bonds. The Labute approximate surface area is 159 Å². The van der Waals surface area contributed by atoms with Crippen LogP contribution in [0.4, 0.5) is 4.79 Å². The van der Waals surface area contributed by atoms with Gasteiger partial charge in [-0.15, -0.1) is 0 Å². The van der Waals surface area contributed by atoms with Crippen molar-refractivity contribution in [1.29, 1.82) is 0 Å². The van der Waals surface area contributed by atoms with E-state index in [-0.39, 0.29) is 12.1 Å². The Morgan fingerprint density at radius 3 is 2.42 bits per heavy atom. The van der Waals surface area contributed by atoms with Crippen LogP contribution in [-0.4, -0.2) is 68.2 Å². The zero-order valence-electron chi connectivity index (χ0n) is 16.9. The summed E-state index contributed by atoms with van der Waals surface area (Å²) in [6.45, 7) is 8.49. The molecule has 1 aromatic rings. The first-order valence-corrected chi connectivity index (χ1v) is 9.91. The van der Waals surface area contributed by atoms with E-state index < -0.39 is 0 Å². The minimum atomic E-state index is -0.0350. The number of carbonyl (C=O) groups excluding carboxylic acids is 1. The molecule has 0 radical (unpaired) electrons. The highest BCUT2D eigenvalue weighted by Gasteiger charge is 2.21. The zero-order valence-corrected chi connectivity index (χ0v) is 16.9. The Morgan fingerprint density at radius 1 is 1.19 bits per heavy atom. The van der Waals surface area contributed by atoms with E-state index >= 15 is 0 Å². The van der Waals surface area contributed by atoms with Gasteiger partial charge in [0.05, 0.1) is 0 Å². The van der Waals surface area contributed by atoms with E-state index in [1.54, 1.807) is 0 Å². The van der Waals surface area contributed by atoms with E-state index in [0.717, 1.165) is 38.9 Å². The Kier molecular flexibility index (Phi) is 8.39. The first kappa shape index (κ1) is 20.7. The number of nitrogens with one attached hydrogen (secondary N) is 2. The van der Waals surface area contributed by atoms with Crippen molar-refractivity contribution in [3.05, 3.63) is 35.9 Å². The molecule has 1 heterocycles. The average Bonchev–Trinajstić information content (AvgIpc) is 2.60. The summed E-state index contributed by atoms with van der Waals surface area (Å²) < 4.78 is 0. The van der Waals surface area contributed by atoms with Crippen molar-refractivity contribution in [3.63, 3.8) is 0 Å². The summed E-state index contributed by atoms with van der Waals surface area (Å²) in [5, 5.41) is 6.23. The van der Waals surface area contributed by atoms with Gasteiger partial charge < -0.3 is 20.4 Å². The Balaban J connectivity index is 1.71. The standard InChI is InChI=1S/C21H36N4O/c1-17(2)16-25-12-10-19(11-13-25)23-21(26)22-15-20(24(3)4)14-18-8-6-5-7-9-18/h5-9,17,19-20H,10-16H2,1-4H3,(H2,22,23,26). The summed E-state index contributed by atoms with van der Waals surface area (Å²) >= 11 is 0. The monoisotopic (exact) mass is 360 g/mol. The van der Waals surface area contributed by atoms with Gasteiger partial charge in [0, 0.05) is 38.3 Å². The van der Waals surface area contributed by atoms with Crippen LogP contribution >= 0.6 is 0 Å². The van der Waals surface area contributed by atoms with E-state index in [0.29, 0.717) is 18.5 Å². The highest BCUT2D eigenvalue weighted by molar-refractivity contribution is 5.74. The number of amides is 2. The molecular weight excluding hydrogens is 324 g/mol. The largest absolute Gasteiger partial charge is 0.337 e. The van der Waals surface area contributed by atoms with Gasteiger partial charge in [-0.3, -0.25) is 0 Å². The molecule has 5 nitrogen and oxygen atoms in total. The highest BCUT2D eigenvalue weighted by Crippen LogP contribution is 2.12. The van der Waals surface area contributed by atoms with E-state index in [2.05, 4.69) is 72.6 Å². The third kappa shape index (κ3) is 7.34. The topological polar surface area (TPSA) is 47.6 Å². The maximum absolute atomic E-state index is 12.3. The lowest BCUT2D eigenvalue weighted by Crippen LogP contribution is -2.50. The molecule has 1 atom stereocenters. The van der Waals surface area contributed by atoms with E-state index in [9.17, 15) is 4.79 Å². The zero-order chi connectivity index (χ0) is 18.9. The second-order valence-electron chi connectivity index (χ2n) is 8.13. The van der Waals surface area contributed by atoms with Crippen molar-refractivity contribution < 1.29 is 4.79 Å². The second-order valence-corrected chi connectivity index (χ2v) is 8.13. The Hall–Kier alpha value is -1.59. The molecule has 2 N–H and O–H groups in total. The molecule has 2 rings (SSSR count). The highest BCUT2D eigenvalue weighted by atomic mass is 16.2. The molecule has 1 aliphatic rings. The van der Waals surface area contributed by atoms with Crippen molar-refractivity contribution >= 4 is 6.03 Å². The molecule has 5 heteroatoms. The summed E-state index contributed by atoms with van der Waals surface area (Å²) in [4.78, 5) is 17.0. The molecule has 0 spiro atoms. The first-order valence-electron chi connectivity index (χ1n) is 9.91. The van der Waals surface area contributed by atoms with Crippen molar-refractivity contribution in [2.24, 2.45) is 5.92 Å².